The molecule has 0 atom stereocenters. The molecule has 0 aliphatic heterocycles. The lowest BCUT2D eigenvalue weighted by molar-refractivity contribution is -0.113. The molecule has 0 fully saturated rings. The maximum Gasteiger partial charge on any atom is 0.271 e. The predicted octanol–water partition coefficient (Wildman–Crippen LogP) is 2.64. The van der Waals surface area contributed by atoms with Gasteiger partial charge in [-0.3, -0.25) is 8.98 Å². The van der Waals surface area contributed by atoms with Crippen LogP contribution in [-0.2, 0) is 29.1 Å². The fraction of sp³-hybridized carbons (Fsp3) is 0.211. The van der Waals surface area contributed by atoms with Crippen LogP contribution in [0.25, 0.3) is 0 Å². The van der Waals surface area contributed by atoms with E-state index in [4.69, 9.17) is 0 Å². The van der Waals surface area contributed by atoms with Crippen LogP contribution < -0.4 is 4.31 Å². The normalized spacial score (nSPS) is 12.2. The van der Waals surface area contributed by atoms with E-state index in [1.807, 2.05) is 6.92 Å². The summed E-state index contributed by atoms with van der Waals surface area (Å²) >= 11 is 0. The summed E-state index contributed by atoms with van der Waals surface area (Å²) in [5.41, 5.74) is 1.09. The van der Waals surface area contributed by atoms with E-state index in [-0.39, 0.29) is 23.6 Å². The van der Waals surface area contributed by atoms with Gasteiger partial charge in [0.05, 0.1) is 23.4 Å². The van der Waals surface area contributed by atoms with Gasteiger partial charge in [-0.05, 0) is 37.6 Å². The molecule has 0 aliphatic rings. The molecular formula is C19H21NO6S2. The number of hydrogen-bond donors (Lipinski definition) is 0. The van der Waals surface area contributed by atoms with Gasteiger partial charge >= 0.3 is 0 Å². The Morgan fingerprint density at radius 2 is 1.61 bits per heavy atom. The minimum atomic E-state index is -4.13. The number of amides is 1. The van der Waals surface area contributed by atoms with E-state index in [2.05, 4.69) is 4.18 Å². The quantitative estimate of drug-likeness (QED) is 0.368. The van der Waals surface area contributed by atoms with Crippen molar-refractivity contribution in [2.45, 2.75) is 18.2 Å². The second kappa shape index (κ2) is 9.13. The number of sulfonamides is 1. The number of carbonyl (C=O) groups excluding carboxylic acids is 1. The molecule has 150 valence electrons. The minimum Gasteiger partial charge on any atom is -0.270 e. The van der Waals surface area contributed by atoms with Crippen molar-refractivity contribution in [2.24, 2.45) is 0 Å². The minimum absolute atomic E-state index is 0.0101. The Morgan fingerprint density at radius 3 is 2.18 bits per heavy atom. The first kappa shape index (κ1) is 21.8. The van der Waals surface area contributed by atoms with E-state index < -0.39 is 26.0 Å². The highest BCUT2D eigenvalue weighted by atomic mass is 32.2. The molecule has 0 aliphatic carbocycles. The molecule has 0 spiro atoms. The van der Waals surface area contributed by atoms with Crippen molar-refractivity contribution in [3.8, 4) is 0 Å². The average Bonchev–Trinajstić information content (AvgIpc) is 2.61. The highest BCUT2D eigenvalue weighted by Crippen LogP contribution is 2.24. The Hall–Kier alpha value is -2.49. The van der Waals surface area contributed by atoms with Crippen molar-refractivity contribution in [3.05, 3.63) is 72.3 Å². The Kier molecular flexibility index (Phi) is 7.11. The van der Waals surface area contributed by atoms with Crippen LogP contribution in [0.15, 0.2) is 71.6 Å². The molecule has 28 heavy (non-hydrogen) atoms. The number of benzene rings is 2. The molecule has 0 heterocycles. The summed E-state index contributed by atoms with van der Waals surface area (Å²) in [5.74, 6) is -0.772. The number of para-hydroxylation sites is 1. The van der Waals surface area contributed by atoms with Crippen molar-refractivity contribution >= 4 is 31.7 Å². The number of aryl methyl sites for hydroxylation is 1. The number of anilines is 1. The average molecular weight is 424 g/mol. The number of hydrogen-bond acceptors (Lipinski definition) is 6. The molecule has 0 bridgehead atoms. The molecule has 0 N–H and O–H groups in total. The lowest BCUT2D eigenvalue weighted by Crippen LogP contribution is -2.35. The smallest absolute Gasteiger partial charge is 0.270 e. The van der Waals surface area contributed by atoms with Crippen LogP contribution in [0, 0.1) is 6.92 Å². The van der Waals surface area contributed by atoms with Crippen molar-refractivity contribution < 1.29 is 25.8 Å². The number of rotatable bonds is 8. The van der Waals surface area contributed by atoms with Gasteiger partial charge in [0.1, 0.15) is 0 Å². The van der Waals surface area contributed by atoms with Crippen LogP contribution in [0.4, 0.5) is 5.69 Å². The van der Waals surface area contributed by atoms with E-state index in [1.165, 1.54) is 30.3 Å². The summed E-state index contributed by atoms with van der Waals surface area (Å²) in [7, 11) is -7.70. The van der Waals surface area contributed by atoms with Gasteiger partial charge in [-0.2, -0.15) is 12.7 Å². The Labute approximate surface area is 165 Å². The molecule has 0 saturated carbocycles. The highest BCUT2D eigenvalue weighted by Gasteiger charge is 2.29. The second-order valence-electron chi connectivity index (χ2n) is 5.97. The highest BCUT2D eigenvalue weighted by molar-refractivity contribution is 7.93. The topological polar surface area (TPSA) is 97.8 Å². The summed E-state index contributed by atoms with van der Waals surface area (Å²) < 4.78 is 53.3. The van der Waals surface area contributed by atoms with E-state index in [0.29, 0.717) is 4.31 Å². The zero-order valence-electron chi connectivity index (χ0n) is 15.5. The van der Waals surface area contributed by atoms with Crippen LogP contribution in [0.3, 0.4) is 0 Å². The van der Waals surface area contributed by atoms with Crippen molar-refractivity contribution in [1.82, 2.24) is 0 Å². The summed E-state index contributed by atoms with van der Waals surface area (Å²) in [6, 6.07) is 14.2. The first-order valence-corrected chi connectivity index (χ1v) is 11.6. The molecule has 2 aromatic rings. The SMILES string of the molecule is Cc1ccc(S(=O)(=O)N(C(=O)/C=C/CCOS(C)(=O)=O)c2ccccc2)cc1. The summed E-state index contributed by atoms with van der Waals surface area (Å²) in [6.45, 7) is 1.69. The van der Waals surface area contributed by atoms with Gasteiger partial charge in [0.2, 0.25) is 0 Å². The fourth-order valence-corrected chi connectivity index (χ4v) is 4.07. The fourth-order valence-electron chi connectivity index (χ4n) is 2.28. The second-order valence-corrected chi connectivity index (χ2v) is 9.40. The third-order valence-electron chi connectivity index (χ3n) is 3.59. The van der Waals surface area contributed by atoms with Crippen molar-refractivity contribution in [1.29, 1.82) is 0 Å². The van der Waals surface area contributed by atoms with Gasteiger partial charge < -0.3 is 0 Å². The molecule has 2 rings (SSSR count). The van der Waals surface area contributed by atoms with Crippen LogP contribution in [0.5, 0.6) is 0 Å². The molecule has 0 radical (unpaired) electrons. The Bertz CT molecular complexity index is 1040. The molecular weight excluding hydrogens is 402 g/mol. The molecule has 0 aromatic heterocycles. The van der Waals surface area contributed by atoms with Crippen molar-refractivity contribution in [3.63, 3.8) is 0 Å². The third kappa shape index (κ3) is 6.01. The predicted molar refractivity (Wildman–Crippen MR) is 107 cm³/mol. The molecule has 0 unspecified atom stereocenters. The monoisotopic (exact) mass is 423 g/mol. The van der Waals surface area contributed by atoms with Gasteiger partial charge in [0, 0.05) is 6.08 Å². The van der Waals surface area contributed by atoms with Gasteiger partial charge in [0.15, 0.2) is 0 Å². The third-order valence-corrected chi connectivity index (χ3v) is 5.93. The maximum atomic E-state index is 13.1. The summed E-state index contributed by atoms with van der Waals surface area (Å²) in [5, 5.41) is 0. The molecule has 9 heteroatoms. The number of nitrogens with zero attached hydrogens (tertiary/aromatic N) is 1. The molecule has 0 saturated heterocycles. The van der Waals surface area contributed by atoms with E-state index in [1.54, 1.807) is 30.3 Å². The Morgan fingerprint density at radius 1 is 1.00 bits per heavy atom. The van der Waals surface area contributed by atoms with E-state index in [9.17, 15) is 21.6 Å². The van der Waals surface area contributed by atoms with Crippen LogP contribution in [0.2, 0.25) is 0 Å². The van der Waals surface area contributed by atoms with E-state index in [0.717, 1.165) is 17.9 Å². The zero-order chi connectivity index (χ0) is 20.8. The standard InChI is InChI=1S/C19H21NO6S2/c1-16-11-13-18(14-12-16)28(24,25)20(17-8-4-3-5-9-17)19(21)10-6-7-15-26-27(2,22)23/h3-6,8-14H,7,15H2,1-2H3/b10-6+. The van der Waals surface area contributed by atoms with Crippen LogP contribution in [0.1, 0.15) is 12.0 Å². The molecule has 1 amide bonds. The van der Waals surface area contributed by atoms with Gasteiger partial charge in [0.25, 0.3) is 26.0 Å². The molecule has 7 nitrogen and oxygen atoms in total. The van der Waals surface area contributed by atoms with Gasteiger partial charge in [-0.1, -0.05) is 42.0 Å². The van der Waals surface area contributed by atoms with Gasteiger partial charge in [-0.25, -0.2) is 8.42 Å². The van der Waals surface area contributed by atoms with Crippen molar-refractivity contribution in [2.75, 3.05) is 17.2 Å². The first-order valence-electron chi connectivity index (χ1n) is 8.33. The van der Waals surface area contributed by atoms with E-state index >= 15 is 0 Å². The summed E-state index contributed by atoms with van der Waals surface area (Å²) in [6.07, 6.45) is 3.51. The van der Waals surface area contributed by atoms with Gasteiger partial charge in [-0.15, -0.1) is 0 Å². The first-order chi connectivity index (χ1) is 13.1. The van der Waals surface area contributed by atoms with Crippen LogP contribution in [-0.4, -0.2) is 35.6 Å². The maximum absolute atomic E-state index is 13.1. The zero-order valence-corrected chi connectivity index (χ0v) is 17.1. The summed E-state index contributed by atoms with van der Waals surface area (Å²) in [4.78, 5) is 12.7. The lowest BCUT2D eigenvalue weighted by atomic mass is 10.2. The largest absolute Gasteiger partial charge is 0.271 e. The van der Waals surface area contributed by atoms with Crippen LogP contribution >= 0.6 is 0 Å². The number of carbonyl (C=O) groups is 1. The lowest BCUT2D eigenvalue weighted by Gasteiger charge is -2.21. The molecule has 2 aromatic carbocycles. The Balaban J connectivity index is 2.30.